The highest BCUT2D eigenvalue weighted by molar-refractivity contribution is 5.78. The van der Waals surface area contributed by atoms with Gasteiger partial charge in [-0.3, -0.25) is 4.79 Å². The van der Waals surface area contributed by atoms with Gasteiger partial charge in [0.15, 0.2) is 0 Å². The molecule has 2 rings (SSSR count). The standard InChI is InChI=1S/C13H17NO2/c1-10-3-5-11(6-4-10)9-14-12(15)7-8-13(14)16-2/h3-6,13H,7-9H2,1-2H3. The van der Waals surface area contributed by atoms with E-state index in [-0.39, 0.29) is 12.1 Å². The number of methoxy groups -OCH3 is 1. The molecule has 1 amide bonds. The van der Waals surface area contributed by atoms with Crippen LogP contribution in [0.3, 0.4) is 0 Å². The summed E-state index contributed by atoms with van der Waals surface area (Å²) in [4.78, 5) is 13.5. The molecule has 3 nitrogen and oxygen atoms in total. The second-order valence-electron chi connectivity index (χ2n) is 4.24. The number of likely N-dealkylation sites (tertiary alicyclic amines) is 1. The molecule has 16 heavy (non-hydrogen) atoms. The zero-order chi connectivity index (χ0) is 11.5. The van der Waals surface area contributed by atoms with Crippen molar-refractivity contribution in [3.63, 3.8) is 0 Å². The van der Waals surface area contributed by atoms with Gasteiger partial charge in [-0.25, -0.2) is 0 Å². The van der Waals surface area contributed by atoms with Crippen molar-refractivity contribution >= 4 is 5.91 Å². The molecular formula is C13H17NO2. The number of carbonyl (C=O) groups is 1. The van der Waals surface area contributed by atoms with E-state index in [0.717, 1.165) is 12.0 Å². The smallest absolute Gasteiger partial charge is 0.225 e. The summed E-state index contributed by atoms with van der Waals surface area (Å²) in [5, 5.41) is 0. The van der Waals surface area contributed by atoms with Crippen LogP contribution in [0.1, 0.15) is 24.0 Å². The molecule has 0 saturated carbocycles. The van der Waals surface area contributed by atoms with Gasteiger partial charge in [-0.1, -0.05) is 29.8 Å². The quantitative estimate of drug-likeness (QED) is 0.779. The first-order valence-electron chi connectivity index (χ1n) is 5.58. The van der Waals surface area contributed by atoms with Gasteiger partial charge in [0.2, 0.25) is 5.91 Å². The van der Waals surface area contributed by atoms with Gasteiger partial charge >= 0.3 is 0 Å². The number of carbonyl (C=O) groups excluding carboxylic acids is 1. The predicted molar refractivity (Wildman–Crippen MR) is 61.8 cm³/mol. The van der Waals surface area contributed by atoms with Crippen molar-refractivity contribution in [1.29, 1.82) is 0 Å². The Kier molecular flexibility index (Phi) is 3.25. The van der Waals surface area contributed by atoms with E-state index in [9.17, 15) is 4.79 Å². The van der Waals surface area contributed by atoms with Gasteiger partial charge < -0.3 is 9.64 Å². The minimum absolute atomic E-state index is 0.0474. The average molecular weight is 219 g/mol. The maximum absolute atomic E-state index is 11.7. The van der Waals surface area contributed by atoms with Crippen LogP contribution in [-0.2, 0) is 16.1 Å². The number of benzene rings is 1. The minimum atomic E-state index is -0.0474. The van der Waals surface area contributed by atoms with Crippen molar-refractivity contribution in [2.75, 3.05) is 7.11 Å². The molecule has 0 aliphatic carbocycles. The second-order valence-corrected chi connectivity index (χ2v) is 4.24. The number of nitrogens with zero attached hydrogens (tertiary/aromatic N) is 1. The van der Waals surface area contributed by atoms with E-state index in [1.165, 1.54) is 5.56 Å². The first kappa shape index (κ1) is 11.1. The molecule has 1 aliphatic heterocycles. The average Bonchev–Trinajstić information content (AvgIpc) is 2.63. The number of hydrogen-bond donors (Lipinski definition) is 0. The van der Waals surface area contributed by atoms with Crippen LogP contribution >= 0.6 is 0 Å². The Hall–Kier alpha value is -1.35. The number of rotatable bonds is 3. The Morgan fingerprint density at radius 1 is 1.38 bits per heavy atom. The van der Waals surface area contributed by atoms with E-state index >= 15 is 0 Å². The molecular weight excluding hydrogens is 202 g/mol. The lowest BCUT2D eigenvalue weighted by Gasteiger charge is -2.23. The van der Waals surface area contributed by atoms with E-state index in [1.807, 2.05) is 4.90 Å². The predicted octanol–water partition coefficient (Wildman–Crippen LogP) is 2.09. The fraction of sp³-hybridized carbons (Fsp3) is 0.462. The van der Waals surface area contributed by atoms with E-state index in [4.69, 9.17) is 4.74 Å². The van der Waals surface area contributed by atoms with Crippen LogP contribution < -0.4 is 0 Å². The number of aryl methyl sites for hydroxylation is 1. The molecule has 1 heterocycles. The van der Waals surface area contributed by atoms with Crippen molar-refractivity contribution in [2.45, 2.75) is 32.5 Å². The molecule has 1 unspecified atom stereocenters. The molecule has 3 heteroatoms. The van der Waals surface area contributed by atoms with E-state index in [0.29, 0.717) is 13.0 Å². The summed E-state index contributed by atoms with van der Waals surface area (Å²) in [5.74, 6) is 0.187. The minimum Gasteiger partial charge on any atom is -0.362 e. The summed E-state index contributed by atoms with van der Waals surface area (Å²) in [6, 6.07) is 8.26. The van der Waals surface area contributed by atoms with Gasteiger partial charge in [0, 0.05) is 26.5 Å². The van der Waals surface area contributed by atoms with E-state index in [2.05, 4.69) is 31.2 Å². The van der Waals surface area contributed by atoms with Crippen LogP contribution in [0, 0.1) is 6.92 Å². The second kappa shape index (κ2) is 4.66. The van der Waals surface area contributed by atoms with Gasteiger partial charge in [-0.05, 0) is 12.5 Å². The highest BCUT2D eigenvalue weighted by Crippen LogP contribution is 2.21. The van der Waals surface area contributed by atoms with E-state index in [1.54, 1.807) is 7.11 Å². The van der Waals surface area contributed by atoms with Gasteiger partial charge in [-0.15, -0.1) is 0 Å². The molecule has 0 bridgehead atoms. The summed E-state index contributed by atoms with van der Waals surface area (Å²) in [6.07, 6.45) is 1.36. The molecule has 86 valence electrons. The van der Waals surface area contributed by atoms with Crippen molar-refractivity contribution in [1.82, 2.24) is 4.90 Å². The van der Waals surface area contributed by atoms with Crippen LogP contribution in [0.15, 0.2) is 24.3 Å². The summed E-state index contributed by atoms with van der Waals surface area (Å²) in [5.41, 5.74) is 2.39. The number of amides is 1. The van der Waals surface area contributed by atoms with Crippen LogP contribution in [0.5, 0.6) is 0 Å². The van der Waals surface area contributed by atoms with Crippen molar-refractivity contribution in [3.8, 4) is 0 Å². The molecule has 1 aliphatic rings. The van der Waals surface area contributed by atoms with Gasteiger partial charge in [0.25, 0.3) is 0 Å². The molecule has 1 atom stereocenters. The third-order valence-corrected chi connectivity index (χ3v) is 3.02. The largest absolute Gasteiger partial charge is 0.362 e. The lowest BCUT2D eigenvalue weighted by atomic mass is 10.1. The zero-order valence-corrected chi connectivity index (χ0v) is 9.77. The van der Waals surface area contributed by atoms with Gasteiger partial charge in [0.1, 0.15) is 6.23 Å². The molecule has 1 aromatic rings. The SMILES string of the molecule is COC1CCC(=O)N1Cc1ccc(C)cc1. The summed E-state index contributed by atoms with van der Waals surface area (Å²) in [7, 11) is 1.66. The summed E-state index contributed by atoms with van der Waals surface area (Å²) in [6.45, 7) is 2.71. The lowest BCUT2D eigenvalue weighted by molar-refractivity contribution is -0.135. The summed E-state index contributed by atoms with van der Waals surface area (Å²) >= 11 is 0. The van der Waals surface area contributed by atoms with Crippen molar-refractivity contribution < 1.29 is 9.53 Å². The zero-order valence-electron chi connectivity index (χ0n) is 9.77. The van der Waals surface area contributed by atoms with Crippen LogP contribution in [0.2, 0.25) is 0 Å². The first-order valence-corrected chi connectivity index (χ1v) is 5.58. The number of hydrogen-bond acceptors (Lipinski definition) is 2. The topological polar surface area (TPSA) is 29.5 Å². The maximum Gasteiger partial charge on any atom is 0.225 e. The fourth-order valence-corrected chi connectivity index (χ4v) is 2.03. The van der Waals surface area contributed by atoms with Gasteiger partial charge in [0.05, 0.1) is 0 Å². The van der Waals surface area contributed by atoms with E-state index < -0.39 is 0 Å². The highest BCUT2D eigenvalue weighted by Gasteiger charge is 2.30. The molecule has 0 radical (unpaired) electrons. The Labute approximate surface area is 96.0 Å². The Morgan fingerprint density at radius 2 is 2.06 bits per heavy atom. The van der Waals surface area contributed by atoms with Crippen LogP contribution in [0.25, 0.3) is 0 Å². The van der Waals surface area contributed by atoms with Crippen LogP contribution in [-0.4, -0.2) is 24.1 Å². The van der Waals surface area contributed by atoms with Crippen LogP contribution in [0.4, 0.5) is 0 Å². The third-order valence-electron chi connectivity index (χ3n) is 3.02. The third kappa shape index (κ3) is 2.25. The first-order chi connectivity index (χ1) is 7.70. The molecule has 0 spiro atoms. The summed E-state index contributed by atoms with van der Waals surface area (Å²) < 4.78 is 5.30. The Balaban J connectivity index is 2.08. The van der Waals surface area contributed by atoms with Crippen molar-refractivity contribution in [3.05, 3.63) is 35.4 Å². The molecule has 0 aromatic heterocycles. The van der Waals surface area contributed by atoms with Crippen molar-refractivity contribution in [2.24, 2.45) is 0 Å². The lowest BCUT2D eigenvalue weighted by Crippen LogP contribution is -2.33. The Morgan fingerprint density at radius 3 is 2.69 bits per heavy atom. The van der Waals surface area contributed by atoms with Gasteiger partial charge in [-0.2, -0.15) is 0 Å². The normalized spacial score (nSPS) is 20.5. The fourth-order valence-electron chi connectivity index (χ4n) is 2.03. The molecule has 0 N–H and O–H groups in total. The molecule has 1 aromatic carbocycles. The highest BCUT2D eigenvalue weighted by atomic mass is 16.5. The maximum atomic E-state index is 11.7. The number of ether oxygens (including phenoxy) is 1. The monoisotopic (exact) mass is 219 g/mol. The Bertz CT molecular complexity index is 372. The molecule has 1 fully saturated rings. The molecule has 1 saturated heterocycles.